The van der Waals surface area contributed by atoms with Gasteiger partial charge in [0.15, 0.2) is 5.03 Å². The van der Waals surface area contributed by atoms with E-state index >= 15 is 0 Å². The predicted octanol–water partition coefficient (Wildman–Crippen LogP) is 1.58. The summed E-state index contributed by atoms with van der Waals surface area (Å²) in [6.45, 7) is 0. The largest absolute Gasteiger partial charge is 0.312 e. The van der Waals surface area contributed by atoms with Crippen molar-refractivity contribution < 1.29 is 13.0 Å². The first-order valence-electron chi connectivity index (χ1n) is 3.99. The zero-order valence-corrected chi connectivity index (χ0v) is 10.1. The monoisotopic (exact) mass is 290 g/mol. The van der Waals surface area contributed by atoms with Gasteiger partial charge in [0.2, 0.25) is 0 Å². The van der Waals surface area contributed by atoms with Gasteiger partial charge in [-0.1, -0.05) is 15.9 Å². The van der Waals surface area contributed by atoms with E-state index in [-0.39, 0.29) is 5.03 Å². The lowest BCUT2D eigenvalue weighted by Gasteiger charge is -1.96. The fraction of sp³-hybridized carbons (Fsp3) is 0.125. The Morgan fingerprint density at radius 2 is 2.13 bits per heavy atom. The Hall–Kier alpha value is -0.920. The molecule has 1 aromatic heterocycles. The minimum absolute atomic E-state index is 0.190. The quantitative estimate of drug-likeness (QED) is 0.810. The standard InChI is InChI=1S/C8H7BrN2O3S/c1-11-8(15(12,13)14)6-3-2-5(9)4-7(6)10-11/h2-4H,1H3,(H,12,13,14). The number of benzene rings is 1. The third-order valence-electron chi connectivity index (χ3n) is 1.99. The minimum Gasteiger partial charge on any atom is -0.281 e. The summed E-state index contributed by atoms with van der Waals surface area (Å²) < 4.78 is 33.2. The van der Waals surface area contributed by atoms with Gasteiger partial charge in [-0.05, 0) is 18.2 Å². The zero-order valence-electron chi connectivity index (χ0n) is 7.68. The topological polar surface area (TPSA) is 72.2 Å². The number of aryl methyl sites for hydroxylation is 1. The molecule has 0 bridgehead atoms. The highest BCUT2D eigenvalue weighted by atomic mass is 79.9. The first kappa shape index (κ1) is 10.6. The van der Waals surface area contributed by atoms with Crippen molar-refractivity contribution in [3.8, 4) is 0 Å². The third kappa shape index (κ3) is 1.77. The van der Waals surface area contributed by atoms with Crippen molar-refractivity contribution in [1.29, 1.82) is 0 Å². The predicted molar refractivity (Wildman–Crippen MR) is 58.2 cm³/mol. The number of nitrogens with zero attached hydrogens (tertiary/aromatic N) is 2. The smallest absolute Gasteiger partial charge is 0.281 e. The van der Waals surface area contributed by atoms with Crippen LogP contribution in [-0.4, -0.2) is 22.8 Å². The maximum Gasteiger partial charge on any atom is 0.312 e. The van der Waals surface area contributed by atoms with Crippen molar-refractivity contribution >= 4 is 37.0 Å². The summed E-state index contributed by atoms with van der Waals surface area (Å²) in [5.41, 5.74) is 0.513. The van der Waals surface area contributed by atoms with Crippen LogP contribution in [0, 0.1) is 0 Å². The van der Waals surface area contributed by atoms with Crippen LogP contribution in [0.4, 0.5) is 0 Å². The molecule has 0 aliphatic rings. The molecule has 80 valence electrons. The highest BCUT2D eigenvalue weighted by Crippen LogP contribution is 2.24. The molecule has 0 amide bonds. The van der Waals surface area contributed by atoms with E-state index in [1.165, 1.54) is 7.05 Å². The van der Waals surface area contributed by atoms with Crippen LogP contribution in [0.1, 0.15) is 0 Å². The summed E-state index contributed by atoms with van der Waals surface area (Å²) >= 11 is 3.26. The molecule has 0 aliphatic carbocycles. The Morgan fingerprint density at radius 1 is 1.47 bits per heavy atom. The van der Waals surface area contributed by atoms with Gasteiger partial charge in [0.05, 0.1) is 5.52 Å². The molecule has 1 heterocycles. The molecule has 0 atom stereocenters. The van der Waals surface area contributed by atoms with E-state index in [0.29, 0.717) is 10.9 Å². The molecule has 1 aromatic carbocycles. The van der Waals surface area contributed by atoms with Gasteiger partial charge in [0.25, 0.3) is 0 Å². The van der Waals surface area contributed by atoms with Crippen LogP contribution in [0.15, 0.2) is 27.7 Å². The first-order chi connectivity index (χ1) is 6.89. The lowest BCUT2D eigenvalue weighted by Crippen LogP contribution is -2.06. The Kier molecular flexibility index (Phi) is 2.32. The van der Waals surface area contributed by atoms with Crippen LogP contribution < -0.4 is 0 Å². The molecule has 0 unspecified atom stereocenters. The van der Waals surface area contributed by atoms with Crippen LogP contribution in [-0.2, 0) is 17.2 Å². The van der Waals surface area contributed by atoms with Gasteiger partial charge in [-0.2, -0.15) is 13.5 Å². The summed E-state index contributed by atoms with van der Waals surface area (Å²) in [6.07, 6.45) is 0. The van der Waals surface area contributed by atoms with Crippen LogP contribution in [0.2, 0.25) is 0 Å². The average Bonchev–Trinajstić information content (AvgIpc) is 2.38. The van der Waals surface area contributed by atoms with E-state index in [1.54, 1.807) is 18.2 Å². The number of fused-ring (bicyclic) bond motifs is 1. The van der Waals surface area contributed by atoms with Gasteiger partial charge in [0.1, 0.15) is 0 Å². The Bertz CT molecular complexity index is 633. The summed E-state index contributed by atoms with van der Waals surface area (Å²) in [6, 6.07) is 4.97. The number of aromatic nitrogens is 2. The molecule has 0 aliphatic heterocycles. The van der Waals surface area contributed by atoms with Crippen LogP contribution >= 0.6 is 15.9 Å². The highest BCUT2D eigenvalue weighted by molar-refractivity contribution is 9.10. The molecule has 0 saturated carbocycles. The number of hydrogen-bond acceptors (Lipinski definition) is 3. The van der Waals surface area contributed by atoms with E-state index in [4.69, 9.17) is 4.55 Å². The normalized spacial score (nSPS) is 12.2. The van der Waals surface area contributed by atoms with Crippen molar-refractivity contribution in [2.24, 2.45) is 7.05 Å². The van der Waals surface area contributed by atoms with E-state index in [1.807, 2.05) is 0 Å². The SMILES string of the molecule is Cn1nc2cc(Br)ccc2c1S(=O)(=O)O. The van der Waals surface area contributed by atoms with Gasteiger partial charge >= 0.3 is 10.1 Å². The third-order valence-corrected chi connectivity index (χ3v) is 3.45. The van der Waals surface area contributed by atoms with Gasteiger partial charge < -0.3 is 0 Å². The van der Waals surface area contributed by atoms with E-state index in [2.05, 4.69) is 21.0 Å². The molecule has 0 spiro atoms. The van der Waals surface area contributed by atoms with Crippen molar-refractivity contribution in [2.75, 3.05) is 0 Å². The molecule has 2 aromatic rings. The van der Waals surface area contributed by atoms with Crippen LogP contribution in [0.25, 0.3) is 10.9 Å². The Balaban J connectivity index is 2.92. The molecule has 0 fully saturated rings. The second-order valence-electron chi connectivity index (χ2n) is 3.07. The first-order valence-corrected chi connectivity index (χ1v) is 6.22. The lowest BCUT2D eigenvalue weighted by atomic mass is 10.3. The van der Waals surface area contributed by atoms with Gasteiger partial charge in [-0.15, -0.1) is 0 Å². The highest BCUT2D eigenvalue weighted by Gasteiger charge is 2.20. The van der Waals surface area contributed by atoms with E-state index in [9.17, 15) is 8.42 Å². The van der Waals surface area contributed by atoms with Gasteiger partial charge in [-0.25, -0.2) is 0 Å². The molecule has 1 N–H and O–H groups in total. The van der Waals surface area contributed by atoms with E-state index < -0.39 is 10.1 Å². The van der Waals surface area contributed by atoms with Crippen molar-refractivity contribution in [1.82, 2.24) is 9.78 Å². The summed E-state index contributed by atoms with van der Waals surface area (Å²) in [4.78, 5) is 0. The second kappa shape index (κ2) is 3.29. The lowest BCUT2D eigenvalue weighted by molar-refractivity contribution is 0.472. The number of hydrogen-bond donors (Lipinski definition) is 1. The molecule has 0 radical (unpaired) electrons. The maximum atomic E-state index is 11.1. The fourth-order valence-corrected chi connectivity index (χ4v) is 2.63. The van der Waals surface area contributed by atoms with Gasteiger partial charge in [0, 0.05) is 16.9 Å². The summed E-state index contributed by atoms with van der Waals surface area (Å²) in [5, 5.41) is 4.20. The molecule has 2 rings (SSSR count). The number of halogens is 1. The second-order valence-corrected chi connectivity index (χ2v) is 5.32. The van der Waals surface area contributed by atoms with Crippen LogP contribution in [0.5, 0.6) is 0 Å². The molecule has 5 nitrogen and oxygen atoms in total. The van der Waals surface area contributed by atoms with Crippen molar-refractivity contribution in [2.45, 2.75) is 5.03 Å². The maximum absolute atomic E-state index is 11.1. The Morgan fingerprint density at radius 3 is 2.73 bits per heavy atom. The van der Waals surface area contributed by atoms with Gasteiger partial charge in [-0.3, -0.25) is 9.23 Å². The zero-order chi connectivity index (χ0) is 11.2. The molecular formula is C8H7BrN2O3S. The van der Waals surface area contributed by atoms with Crippen LogP contribution in [0.3, 0.4) is 0 Å². The average molecular weight is 291 g/mol. The molecular weight excluding hydrogens is 284 g/mol. The Labute approximate surface area is 94.6 Å². The van der Waals surface area contributed by atoms with Crippen molar-refractivity contribution in [3.63, 3.8) is 0 Å². The molecule has 0 saturated heterocycles. The fourth-order valence-electron chi connectivity index (χ4n) is 1.46. The number of rotatable bonds is 1. The summed E-state index contributed by atoms with van der Waals surface area (Å²) in [7, 11) is -2.78. The van der Waals surface area contributed by atoms with Crippen molar-refractivity contribution in [3.05, 3.63) is 22.7 Å². The minimum atomic E-state index is -4.24. The molecule has 7 heteroatoms. The molecule has 15 heavy (non-hydrogen) atoms. The summed E-state index contributed by atoms with van der Waals surface area (Å²) in [5.74, 6) is 0. The van der Waals surface area contributed by atoms with E-state index in [0.717, 1.165) is 9.15 Å².